The number of nitrogens with zero attached hydrogens (tertiary/aromatic N) is 3. The Balaban J connectivity index is 1.62. The lowest BCUT2D eigenvalue weighted by molar-refractivity contribution is 0.355. The van der Waals surface area contributed by atoms with Gasteiger partial charge in [-0.15, -0.1) is 0 Å². The molecule has 2 heterocycles. The van der Waals surface area contributed by atoms with Crippen molar-refractivity contribution < 1.29 is 9.47 Å². The van der Waals surface area contributed by atoms with Gasteiger partial charge in [-0.05, 0) is 54.1 Å². The maximum absolute atomic E-state index is 5.33. The van der Waals surface area contributed by atoms with E-state index >= 15 is 0 Å². The number of H-pyrrole nitrogens is 1. The number of aromatic nitrogens is 3. The fourth-order valence-electron chi connectivity index (χ4n) is 2.81. The fourth-order valence-corrected chi connectivity index (χ4v) is 2.81. The summed E-state index contributed by atoms with van der Waals surface area (Å²) in [5, 5.41) is 0. The molecule has 2 aromatic heterocycles. The molecule has 0 amide bonds. The average molecular weight is 358 g/mol. The summed E-state index contributed by atoms with van der Waals surface area (Å²) in [7, 11) is 3.23. The molecule has 0 unspecified atom stereocenters. The van der Waals surface area contributed by atoms with Crippen LogP contribution in [0.3, 0.4) is 0 Å². The lowest BCUT2D eigenvalue weighted by atomic mass is 10.2. The minimum Gasteiger partial charge on any atom is -0.493 e. The van der Waals surface area contributed by atoms with Crippen molar-refractivity contribution in [2.24, 2.45) is 4.99 Å². The molecule has 6 heteroatoms. The van der Waals surface area contributed by atoms with E-state index in [0.29, 0.717) is 11.5 Å². The summed E-state index contributed by atoms with van der Waals surface area (Å²) in [4.78, 5) is 16.6. The molecule has 2 aromatic carbocycles. The first-order valence-electron chi connectivity index (χ1n) is 8.43. The van der Waals surface area contributed by atoms with Crippen LogP contribution in [0.1, 0.15) is 5.56 Å². The van der Waals surface area contributed by atoms with Crippen LogP contribution in [0.2, 0.25) is 0 Å². The van der Waals surface area contributed by atoms with Crippen molar-refractivity contribution in [3.63, 3.8) is 0 Å². The molecular weight excluding hydrogens is 340 g/mol. The summed E-state index contributed by atoms with van der Waals surface area (Å²) >= 11 is 0. The molecule has 0 saturated carbocycles. The van der Waals surface area contributed by atoms with Crippen molar-refractivity contribution in [2.45, 2.75) is 0 Å². The number of ether oxygens (including phenoxy) is 2. The van der Waals surface area contributed by atoms with Crippen LogP contribution < -0.4 is 9.47 Å². The third-order valence-electron chi connectivity index (χ3n) is 4.19. The molecular formula is C21H18N4O2. The van der Waals surface area contributed by atoms with E-state index in [1.807, 2.05) is 48.5 Å². The van der Waals surface area contributed by atoms with Gasteiger partial charge in [-0.2, -0.15) is 0 Å². The van der Waals surface area contributed by atoms with Crippen LogP contribution in [0.25, 0.3) is 22.4 Å². The van der Waals surface area contributed by atoms with E-state index < -0.39 is 0 Å². The van der Waals surface area contributed by atoms with Gasteiger partial charge in [0.1, 0.15) is 5.82 Å². The standard InChI is InChI=1S/C21H18N4O2/c1-26-19-6-3-14(11-20(19)27-2)13-23-16-4-5-17-18(12-16)25-21(24-17)15-7-9-22-10-8-15/h3-13H,1-2H3,(H,24,25). The summed E-state index contributed by atoms with van der Waals surface area (Å²) in [5.74, 6) is 2.18. The number of hydrogen-bond donors (Lipinski definition) is 1. The monoisotopic (exact) mass is 358 g/mol. The van der Waals surface area contributed by atoms with Crippen LogP contribution >= 0.6 is 0 Å². The van der Waals surface area contributed by atoms with Gasteiger partial charge in [-0.3, -0.25) is 9.98 Å². The molecule has 0 spiro atoms. The first kappa shape index (κ1) is 16.8. The van der Waals surface area contributed by atoms with Gasteiger partial charge in [-0.1, -0.05) is 0 Å². The molecule has 6 nitrogen and oxygen atoms in total. The first-order chi connectivity index (χ1) is 13.3. The number of nitrogens with one attached hydrogen (secondary N) is 1. The fraction of sp³-hybridized carbons (Fsp3) is 0.0952. The molecule has 0 aliphatic heterocycles. The molecule has 0 aliphatic rings. The average Bonchev–Trinajstić information content (AvgIpc) is 3.16. The molecule has 0 fully saturated rings. The molecule has 27 heavy (non-hydrogen) atoms. The number of methoxy groups -OCH3 is 2. The van der Waals surface area contributed by atoms with Crippen LogP contribution in [-0.4, -0.2) is 35.4 Å². The second kappa shape index (κ2) is 7.29. The van der Waals surface area contributed by atoms with E-state index in [9.17, 15) is 0 Å². The zero-order valence-corrected chi connectivity index (χ0v) is 15.0. The van der Waals surface area contributed by atoms with Crippen LogP contribution in [0, 0.1) is 0 Å². The molecule has 0 saturated heterocycles. The second-order valence-corrected chi connectivity index (χ2v) is 5.90. The molecule has 0 aliphatic carbocycles. The molecule has 0 bridgehead atoms. The Morgan fingerprint density at radius 2 is 1.74 bits per heavy atom. The lowest BCUT2D eigenvalue weighted by Crippen LogP contribution is -1.91. The topological polar surface area (TPSA) is 72.4 Å². The number of aliphatic imine (C=N–C) groups is 1. The van der Waals surface area contributed by atoms with Gasteiger partial charge < -0.3 is 14.5 Å². The van der Waals surface area contributed by atoms with Gasteiger partial charge in [0, 0.05) is 24.2 Å². The van der Waals surface area contributed by atoms with Gasteiger partial charge in [-0.25, -0.2) is 4.98 Å². The maximum Gasteiger partial charge on any atom is 0.161 e. The molecule has 4 rings (SSSR count). The zero-order valence-electron chi connectivity index (χ0n) is 15.0. The Hall–Kier alpha value is -3.67. The smallest absolute Gasteiger partial charge is 0.161 e. The first-order valence-corrected chi connectivity index (χ1v) is 8.43. The molecule has 0 atom stereocenters. The second-order valence-electron chi connectivity index (χ2n) is 5.90. The van der Waals surface area contributed by atoms with E-state index in [1.54, 1.807) is 32.8 Å². The number of rotatable bonds is 5. The highest BCUT2D eigenvalue weighted by Crippen LogP contribution is 2.28. The van der Waals surface area contributed by atoms with E-state index in [2.05, 4.69) is 19.9 Å². The molecule has 4 aromatic rings. The van der Waals surface area contributed by atoms with Crippen LogP contribution in [-0.2, 0) is 0 Å². The number of pyridine rings is 1. The SMILES string of the molecule is COc1ccc(C=Nc2ccc3nc(-c4ccncc4)[nH]c3c2)cc1OC. The Labute approximate surface area is 156 Å². The minimum atomic E-state index is 0.674. The summed E-state index contributed by atoms with van der Waals surface area (Å²) in [6.07, 6.45) is 5.30. The summed E-state index contributed by atoms with van der Waals surface area (Å²) < 4.78 is 10.6. The Bertz CT molecular complexity index is 1100. The summed E-state index contributed by atoms with van der Waals surface area (Å²) in [5.41, 5.74) is 4.59. The predicted molar refractivity (Wildman–Crippen MR) is 106 cm³/mol. The maximum atomic E-state index is 5.33. The van der Waals surface area contributed by atoms with Crippen molar-refractivity contribution in [3.05, 3.63) is 66.5 Å². The van der Waals surface area contributed by atoms with Gasteiger partial charge in [0.15, 0.2) is 11.5 Å². The highest BCUT2D eigenvalue weighted by molar-refractivity contribution is 5.86. The van der Waals surface area contributed by atoms with E-state index in [-0.39, 0.29) is 0 Å². The van der Waals surface area contributed by atoms with Crippen LogP contribution in [0.15, 0.2) is 65.9 Å². The number of hydrogen-bond acceptors (Lipinski definition) is 5. The normalized spacial score (nSPS) is 11.2. The van der Waals surface area contributed by atoms with Gasteiger partial charge in [0.25, 0.3) is 0 Å². The Kier molecular flexibility index (Phi) is 4.53. The number of imidazole rings is 1. The van der Waals surface area contributed by atoms with Gasteiger partial charge in [0.2, 0.25) is 0 Å². The summed E-state index contributed by atoms with van der Waals surface area (Å²) in [6.45, 7) is 0. The highest BCUT2D eigenvalue weighted by atomic mass is 16.5. The predicted octanol–water partition coefficient (Wildman–Crippen LogP) is 4.39. The van der Waals surface area contributed by atoms with Crippen LogP contribution in [0.5, 0.6) is 11.5 Å². The van der Waals surface area contributed by atoms with E-state index in [1.165, 1.54) is 0 Å². The highest BCUT2D eigenvalue weighted by Gasteiger charge is 2.06. The van der Waals surface area contributed by atoms with Crippen molar-refractivity contribution >= 4 is 22.9 Å². The van der Waals surface area contributed by atoms with Crippen molar-refractivity contribution in [1.82, 2.24) is 15.0 Å². The van der Waals surface area contributed by atoms with Crippen molar-refractivity contribution in [3.8, 4) is 22.9 Å². The van der Waals surface area contributed by atoms with Gasteiger partial charge in [0.05, 0.1) is 30.9 Å². The largest absolute Gasteiger partial charge is 0.493 e. The zero-order chi connectivity index (χ0) is 18.6. The number of aromatic amines is 1. The molecule has 134 valence electrons. The van der Waals surface area contributed by atoms with E-state index in [4.69, 9.17) is 9.47 Å². The van der Waals surface area contributed by atoms with Crippen molar-refractivity contribution in [1.29, 1.82) is 0 Å². The Morgan fingerprint density at radius 1 is 0.926 bits per heavy atom. The lowest BCUT2D eigenvalue weighted by Gasteiger charge is -2.07. The number of fused-ring (bicyclic) bond motifs is 1. The van der Waals surface area contributed by atoms with Crippen LogP contribution in [0.4, 0.5) is 5.69 Å². The summed E-state index contributed by atoms with van der Waals surface area (Å²) in [6, 6.07) is 15.4. The molecule has 1 N–H and O–H groups in total. The number of benzene rings is 2. The molecule has 0 radical (unpaired) electrons. The van der Waals surface area contributed by atoms with E-state index in [0.717, 1.165) is 33.7 Å². The minimum absolute atomic E-state index is 0.674. The quantitative estimate of drug-likeness (QED) is 0.537. The van der Waals surface area contributed by atoms with Crippen molar-refractivity contribution in [2.75, 3.05) is 14.2 Å². The third-order valence-corrected chi connectivity index (χ3v) is 4.19. The third kappa shape index (κ3) is 3.50. The Morgan fingerprint density at radius 3 is 2.52 bits per heavy atom. The van der Waals surface area contributed by atoms with Gasteiger partial charge >= 0.3 is 0 Å².